The molecule has 0 bridgehead atoms. The van der Waals surface area contributed by atoms with Gasteiger partial charge in [0.2, 0.25) is 0 Å². The second kappa shape index (κ2) is 9.79. The van der Waals surface area contributed by atoms with E-state index in [-0.39, 0.29) is 16.2 Å². The molecule has 4 aromatic rings. The molecule has 7 nitrogen and oxygen atoms in total. The zero-order valence-corrected chi connectivity index (χ0v) is 19.7. The summed E-state index contributed by atoms with van der Waals surface area (Å²) < 4.78 is 39.9. The molecule has 176 valence electrons. The normalized spacial score (nSPS) is 10.8. The molecule has 0 aliphatic rings. The number of rotatable bonds is 6. The zero-order valence-electron chi connectivity index (χ0n) is 18.9. The fourth-order valence-corrected chi connectivity index (χ4v) is 4.91. The first-order valence-electron chi connectivity index (χ1n) is 10.4. The molecule has 0 aromatic heterocycles. The second-order valence-corrected chi connectivity index (χ2v) is 9.08. The van der Waals surface area contributed by atoms with Gasteiger partial charge >= 0.3 is 5.97 Å². The Balaban J connectivity index is 1.71. The fraction of sp³-hybridized carbons (Fsp3) is 0.0741. The van der Waals surface area contributed by atoms with E-state index in [1.165, 1.54) is 32.4 Å². The number of carbonyl (C=O) groups is 1. The van der Waals surface area contributed by atoms with E-state index < -0.39 is 16.0 Å². The molecule has 4 rings (SSSR count). The number of para-hydroxylation sites is 1. The van der Waals surface area contributed by atoms with Crippen LogP contribution >= 0.6 is 0 Å². The number of ether oxygens (including phenoxy) is 2. The van der Waals surface area contributed by atoms with Gasteiger partial charge < -0.3 is 14.6 Å². The lowest BCUT2D eigenvalue weighted by atomic mass is 10.1. The summed E-state index contributed by atoms with van der Waals surface area (Å²) in [5, 5.41) is 10.5. The first kappa shape index (κ1) is 23.7. The molecule has 0 aliphatic heterocycles. The van der Waals surface area contributed by atoms with Crippen LogP contribution in [0.15, 0.2) is 83.8 Å². The van der Waals surface area contributed by atoms with Crippen molar-refractivity contribution >= 4 is 32.5 Å². The molecule has 0 amide bonds. The summed E-state index contributed by atoms with van der Waals surface area (Å²) in [6, 6.07) is 21.5. The minimum Gasteiger partial charge on any atom is -0.496 e. The highest BCUT2D eigenvalue weighted by atomic mass is 32.2. The molecule has 0 fully saturated rings. The van der Waals surface area contributed by atoms with Crippen LogP contribution < -0.4 is 14.2 Å². The molecule has 0 radical (unpaired) electrons. The van der Waals surface area contributed by atoms with Crippen molar-refractivity contribution in [3.8, 4) is 23.3 Å². The molecule has 2 N–H and O–H groups in total. The maximum atomic E-state index is 13.4. The topological polar surface area (TPSA) is 102 Å². The summed E-state index contributed by atoms with van der Waals surface area (Å²) in [5.41, 5.74) is 1.31. The summed E-state index contributed by atoms with van der Waals surface area (Å²) in [6.45, 7) is 0. The fourth-order valence-electron chi connectivity index (χ4n) is 3.62. The maximum Gasteiger partial charge on any atom is 0.339 e. The Morgan fingerprint density at radius 3 is 2.23 bits per heavy atom. The Bertz CT molecular complexity index is 1600. The number of anilines is 1. The van der Waals surface area contributed by atoms with Crippen molar-refractivity contribution < 1.29 is 27.8 Å². The average Bonchev–Trinajstić information content (AvgIpc) is 2.86. The number of carboxylic acids is 1. The predicted molar refractivity (Wildman–Crippen MR) is 134 cm³/mol. The third-order valence-corrected chi connectivity index (χ3v) is 6.72. The summed E-state index contributed by atoms with van der Waals surface area (Å²) in [7, 11) is -1.04. The van der Waals surface area contributed by atoms with E-state index in [2.05, 4.69) is 16.6 Å². The van der Waals surface area contributed by atoms with Gasteiger partial charge in [-0.3, -0.25) is 4.72 Å². The Morgan fingerprint density at radius 2 is 1.51 bits per heavy atom. The number of benzene rings is 4. The monoisotopic (exact) mass is 487 g/mol. The highest BCUT2D eigenvalue weighted by molar-refractivity contribution is 7.93. The van der Waals surface area contributed by atoms with Gasteiger partial charge in [-0.15, -0.1) is 0 Å². The van der Waals surface area contributed by atoms with Crippen molar-refractivity contribution in [2.45, 2.75) is 4.90 Å². The summed E-state index contributed by atoms with van der Waals surface area (Å²) in [6.07, 6.45) is 0. The van der Waals surface area contributed by atoms with Crippen molar-refractivity contribution in [1.82, 2.24) is 0 Å². The molecular weight excluding hydrogens is 466 g/mol. The van der Waals surface area contributed by atoms with Crippen molar-refractivity contribution in [2.75, 3.05) is 18.9 Å². The first-order valence-corrected chi connectivity index (χ1v) is 11.9. The summed E-state index contributed by atoms with van der Waals surface area (Å²) in [5.74, 6) is 5.56. The van der Waals surface area contributed by atoms with Crippen LogP contribution in [-0.4, -0.2) is 33.7 Å². The molecule has 0 spiro atoms. The van der Waals surface area contributed by atoms with Crippen LogP contribution in [0.4, 0.5) is 5.69 Å². The smallest absolute Gasteiger partial charge is 0.339 e. The number of aromatic carboxylic acids is 1. The molecule has 8 heteroatoms. The van der Waals surface area contributed by atoms with Crippen LogP contribution in [0.5, 0.6) is 11.5 Å². The first-order chi connectivity index (χ1) is 16.8. The molecule has 4 aromatic carbocycles. The average molecular weight is 488 g/mol. The van der Waals surface area contributed by atoms with Gasteiger partial charge in [-0.05, 0) is 42.5 Å². The van der Waals surface area contributed by atoms with Crippen LogP contribution in [0.1, 0.15) is 21.5 Å². The standard InChI is InChI=1S/C27H21NO6S/c1-33-24-15-16-26(21-9-5-4-8-20(21)24)35(31,32)28-23-10-6-3-7-19(23)13-11-18-12-14-22(27(29)30)25(17-18)34-2/h3-10,12,14-17,28H,1-2H3,(H,29,30). The molecular formula is C27H21NO6S. The zero-order chi connectivity index (χ0) is 25.0. The summed E-state index contributed by atoms with van der Waals surface area (Å²) >= 11 is 0. The number of sulfonamides is 1. The van der Waals surface area contributed by atoms with Gasteiger partial charge in [0, 0.05) is 21.9 Å². The molecule has 0 heterocycles. The van der Waals surface area contributed by atoms with Crippen LogP contribution in [-0.2, 0) is 10.0 Å². The number of hydrogen-bond acceptors (Lipinski definition) is 5. The van der Waals surface area contributed by atoms with E-state index in [1.807, 2.05) is 6.07 Å². The van der Waals surface area contributed by atoms with Crippen LogP contribution in [0.2, 0.25) is 0 Å². The maximum absolute atomic E-state index is 13.4. The Kier molecular flexibility index (Phi) is 6.62. The minimum atomic E-state index is -3.95. The lowest BCUT2D eigenvalue weighted by Crippen LogP contribution is -2.14. The number of carboxylic acid groups (broad SMARTS) is 1. The number of methoxy groups -OCH3 is 2. The van der Waals surface area contributed by atoms with Gasteiger partial charge in [-0.2, -0.15) is 0 Å². The molecule has 0 saturated carbocycles. The van der Waals surface area contributed by atoms with Crippen molar-refractivity contribution in [2.24, 2.45) is 0 Å². The minimum absolute atomic E-state index is 0.0259. The van der Waals surface area contributed by atoms with Crippen LogP contribution in [0.25, 0.3) is 10.8 Å². The third-order valence-electron chi connectivity index (χ3n) is 5.30. The van der Waals surface area contributed by atoms with E-state index in [9.17, 15) is 18.3 Å². The van der Waals surface area contributed by atoms with Gasteiger partial charge in [0.05, 0.1) is 24.8 Å². The quantitative estimate of drug-likeness (QED) is 0.381. The Morgan fingerprint density at radius 1 is 0.829 bits per heavy atom. The molecule has 0 atom stereocenters. The highest BCUT2D eigenvalue weighted by Crippen LogP contribution is 2.32. The highest BCUT2D eigenvalue weighted by Gasteiger charge is 2.20. The predicted octanol–water partition coefficient (Wildman–Crippen LogP) is 4.76. The van der Waals surface area contributed by atoms with Gasteiger partial charge in [0.1, 0.15) is 17.1 Å². The van der Waals surface area contributed by atoms with Crippen molar-refractivity contribution in [1.29, 1.82) is 0 Å². The van der Waals surface area contributed by atoms with Crippen LogP contribution in [0.3, 0.4) is 0 Å². The van der Waals surface area contributed by atoms with Crippen molar-refractivity contribution in [3.63, 3.8) is 0 Å². The van der Waals surface area contributed by atoms with E-state index in [0.717, 1.165) is 0 Å². The van der Waals surface area contributed by atoms with Gasteiger partial charge in [0.25, 0.3) is 10.0 Å². The Labute approximate surface area is 203 Å². The summed E-state index contributed by atoms with van der Waals surface area (Å²) in [4.78, 5) is 11.4. The third kappa shape index (κ3) is 4.90. The van der Waals surface area contributed by atoms with Gasteiger partial charge in [-0.25, -0.2) is 13.2 Å². The van der Waals surface area contributed by atoms with Gasteiger partial charge in [-0.1, -0.05) is 48.2 Å². The lowest BCUT2D eigenvalue weighted by Gasteiger charge is -2.13. The van der Waals surface area contributed by atoms with Gasteiger partial charge in [0.15, 0.2) is 0 Å². The molecule has 0 aliphatic carbocycles. The SMILES string of the molecule is COc1cc(C#Cc2ccccc2NS(=O)(=O)c2ccc(OC)c3ccccc23)ccc1C(=O)O. The Hall–Kier alpha value is -4.48. The lowest BCUT2D eigenvalue weighted by molar-refractivity contribution is 0.0693. The second-order valence-electron chi connectivity index (χ2n) is 7.43. The van der Waals surface area contributed by atoms with Crippen LogP contribution in [0, 0.1) is 11.8 Å². The van der Waals surface area contributed by atoms with E-state index in [4.69, 9.17) is 9.47 Å². The molecule has 0 unspecified atom stereocenters. The van der Waals surface area contributed by atoms with Crippen molar-refractivity contribution in [3.05, 3.63) is 95.6 Å². The number of fused-ring (bicyclic) bond motifs is 1. The molecule has 35 heavy (non-hydrogen) atoms. The van der Waals surface area contributed by atoms with E-state index in [1.54, 1.807) is 54.6 Å². The van der Waals surface area contributed by atoms with E-state index in [0.29, 0.717) is 33.3 Å². The largest absolute Gasteiger partial charge is 0.496 e. The van der Waals surface area contributed by atoms with E-state index >= 15 is 0 Å². The number of nitrogens with one attached hydrogen (secondary N) is 1. The molecule has 0 saturated heterocycles. The number of hydrogen-bond donors (Lipinski definition) is 2.